The highest BCUT2D eigenvalue weighted by Gasteiger charge is 2.39. The van der Waals surface area contributed by atoms with Gasteiger partial charge in [-0.05, 0) is 67.7 Å². The van der Waals surface area contributed by atoms with Gasteiger partial charge in [-0.2, -0.15) is 0 Å². The predicted molar refractivity (Wildman–Crippen MR) is 151 cm³/mol. The van der Waals surface area contributed by atoms with Crippen LogP contribution in [-0.2, 0) is 14.4 Å². The molecule has 204 valence electrons. The van der Waals surface area contributed by atoms with Gasteiger partial charge < -0.3 is 25.2 Å². The first-order valence-corrected chi connectivity index (χ1v) is 13.7. The van der Waals surface area contributed by atoms with Crippen LogP contribution in [0.5, 0.6) is 0 Å². The second kappa shape index (κ2) is 11.5. The van der Waals surface area contributed by atoms with E-state index in [0.717, 1.165) is 41.8 Å². The molecule has 1 aliphatic carbocycles. The Bertz CT molecular complexity index is 1310. The fraction of sp³-hybridized carbons (Fsp3) is 0.387. The lowest BCUT2D eigenvalue weighted by Crippen LogP contribution is -2.47. The van der Waals surface area contributed by atoms with E-state index in [0.29, 0.717) is 26.1 Å². The van der Waals surface area contributed by atoms with Gasteiger partial charge in [0.2, 0.25) is 5.91 Å². The Labute approximate surface area is 230 Å². The predicted octanol–water partition coefficient (Wildman–Crippen LogP) is 3.16. The maximum Gasteiger partial charge on any atom is 0.251 e. The van der Waals surface area contributed by atoms with Crippen molar-refractivity contribution in [3.63, 3.8) is 0 Å². The third-order valence-electron chi connectivity index (χ3n) is 8.18. The number of rotatable bonds is 10. The first kappa shape index (κ1) is 26.7. The van der Waals surface area contributed by atoms with Crippen molar-refractivity contribution in [3.05, 3.63) is 94.0 Å². The normalized spacial score (nSPS) is 19.9. The molecule has 5 rings (SSSR count). The van der Waals surface area contributed by atoms with Crippen molar-refractivity contribution in [2.45, 2.75) is 44.7 Å². The molecule has 2 unspecified atom stereocenters. The lowest BCUT2D eigenvalue weighted by atomic mass is 9.90. The minimum absolute atomic E-state index is 0.0852. The quantitative estimate of drug-likeness (QED) is 0.455. The Hall–Kier alpha value is -3.91. The fourth-order valence-corrected chi connectivity index (χ4v) is 5.89. The number of allylic oxidation sites excluding steroid dienone is 2. The molecule has 4 aliphatic rings. The van der Waals surface area contributed by atoms with Crippen molar-refractivity contribution in [1.29, 1.82) is 0 Å². The van der Waals surface area contributed by atoms with Gasteiger partial charge in [0.05, 0.1) is 12.4 Å². The van der Waals surface area contributed by atoms with E-state index in [2.05, 4.69) is 83.1 Å². The second-order valence-electron chi connectivity index (χ2n) is 10.6. The van der Waals surface area contributed by atoms with Crippen LogP contribution in [0.25, 0.3) is 0 Å². The summed E-state index contributed by atoms with van der Waals surface area (Å²) in [7, 11) is 3.72. The van der Waals surface area contributed by atoms with Crippen LogP contribution in [0.1, 0.15) is 44.2 Å². The topological polar surface area (TPSA) is 85.0 Å². The number of nitrogens with zero attached hydrogens (tertiary/aromatic N) is 3. The number of hydrogen-bond donors (Lipinski definition) is 2. The molecule has 0 saturated carbocycles. The number of amides is 2. The number of benzene rings is 1. The molecule has 8 heteroatoms. The molecule has 3 heterocycles. The van der Waals surface area contributed by atoms with Crippen LogP contribution in [0.2, 0.25) is 0 Å². The van der Waals surface area contributed by atoms with E-state index in [9.17, 15) is 14.4 Å². The third-order valence-corrected chi connectivity index (χ3v) is 8.18. The van der Waals surface area contributed by atoms with Crippen LogP contribution < -0.4 is 10.6 Å². The third kappa shape index (κ3) is 5.34. The summed E-state index contributed by atoms with van der Waals surface area (Å²) < 4.78 is 0. The van der Waals surface area contributed by atoms with Crippen molar-refractivity contribution in [3.8, 4) is 0 Å². The van der Waals surface area contributed by atoms with Crippen LogP contribution in [0.4, 0.5) is 0 Å². The Morgan fingerprint density at radius 1 is 1.18 bits per heavy atom. The lowest BCUT2D eigenvalue weighted by Gasteiger charge is -2.32. The van der Waals surface area contributed by atoms with Crippen LogP contribution >= 0.6 is 0 Å². The number of fused-ring (bicyclic) bond motifs is 1. The minimum Gasteiger partial charge on any atom is -0.372 e. The average Bonchev–Trinajstić information content (AvgIpc) is 3.56. The van der Waals surface area contributed by atoms with Crippen LogP contribution in [0, 0.1) is 0 Å². The summed E-state index contributed by atoms with van der Waals surface area (Å²) in [5, 5.41) is 6.02. The van der Waals surface area contributed by atoms with Gasteiger partial charge in [-0.25, -0.2) is 0 Å². The molecule has 1 aromatic carbocycles. The largest absolute Gasteiger partial charge is 0.372 e. The van der Waals surface area contributed by atoms with Crippen molar-refractivity contribution in [2.24, 2.45) is 0 Å². The summed E-state index contributed by atoms with van der Waals surface area (Å²) in [6.45, 7) is 4.14. The van der Waals surface area contributed by atoms with E-state index in [1.54, 1.807) is 11.9 Å². The SMILES string of the molecule is CNC(=O)C(CCC=O)N1CC2=C(CCC(C3=CC(CN(C)C(C)c4ccccc4)=CC4=CNCN43)=C2)C1=O. The van der Waals surface area contributed by atoms with Gasteiger partial charge in [0.25, 0.3) is 5.91 Å². The van der Waals surface area contributed by atoms with Gasteiger partial charge in [-0.1, -0.05) is 36.4 Å². The summed E-state index contributed by atoms with van der Waals surface area (Å²) in [4.78, 5) is 43.1. The van der Waals surface area contributed by atoms with E-state index in [4.69, 9.17) is 0 Å². The molecule has 0 aromatic heterocycles. The number of aldehydes is 1. The molecule has 8 nitrogen and oxygen atoms in total. The highest BCUT2D eigenvalue weighted by atomic mass is 16.2. The van der Waals surface area contributed by atoms with Gasteiger partial charge in [0.15, 0.2) is 0 Å². The molecule has 0 saturated heterocycles. The van der Waals surface area contributed by atoms with Crippen LogP contribution in [0.15, 0.2) is 88.4 Å². The molecule has 0 fully saturated rings. The van der Waals surface area contributed by atoms with Crippen molar-refractivity contribution >= 4 is 18.1 Å². The van der Waals surface area contributed by atoms with Gasteiger partial charge >= 0.3 is 0 Å². The highest BCUT2D eigenvalue weighted by molar-refractivity contribution is 6.01. The number of carbonyl (C=O) groups is 3. The van der Waals surface area contributed by atoms with E-state index in [-0.39, 0.29) is 24.3 Å². The summed E-state index contributed by atoms with van der Waals surface area (Å²) in [5.74, 6) is -0.316. The molecule has 0 bridgehead atoms. The first-order valence-electron chi connectivity index (χ1n) is 13.7. The van der Waals surface area contributed by atoms with E-state index in [1.165, 1.54) is 16.7 Å². The summed E-state index contributed by atoms with van der Waals surface area (Å²) in [6, 6.07) is 10.2. The zero-order chi connectivity index (χ0) is 27.5. The van der Waals surface area contributed by atoms with E-state index >= 15 is 0 Å². The van der Waals surface area contributed by atoms with Gasteiger partial charge in [-0.3, -0.25) is 14.5 Å². The Kier molecular flexibility index (Phi) is 7.84. The van der Waals surface area contributed by atoms with Crippen LogP contribution in [-0.4, -0.2) is 72.7 Å². The Balaban J connectivity index is 1.37. The zero-order valence-electron chi connectivity index (χ0n) is 22.9. The van der Waals surface area contributed by atoms with Crippen LogP contribution in [0.3, 0.4) is 0 Å². The number of carbonyl (C=O) groups excluding carboxylic acids is 3. The maximum absolute atomic E-state index is 13.3. The van der Waals surface area contributed by atoms with Gasteiger partial charge in [0, 0.05) is 50.1 Å². The highest BCUT2D eigenvalue weighted by Crippen LogP contribution is 2.39. The van der Waals surface area contributed by atoms with Gasteiger partial charge in [0.1, 0.15) is 12.3 Å². The average molecular weight is 528 g/mol. The first-order chi connectivity index (χ1) is 18.9. The van der Waals surface area contributed by atoms with Gasteiger partial charge in [-0.15, -0.1) is 0 Å². The molecule has 39 heavy (non-hydrogen) atoms. The zero-order valence-corrected chi connectivity index (χ0v) is 22.9. The Morgan fingerprint density at radius 2 is 1.97 bits per heavy atom. The molecule has 1 aromatic rings. The van der Waals surface area contributed by atoms with Crippen molar-refractivity contribution in [1.82, 2.24) is 25.3 Å². The van der Waals surface area contributed by atoms with E-state index < -0.39 is 6.04 Å². The van der Waals surface area contributed by atoms with E-state index in [1.807, 2.05) is 6.07 Å². The number of likely N-dealkylation sites (N-methyl/N-ethyl adjacent to an activating group) is 2. The number of nitrogens with one attached hydrogen (secondary N) is 2. The lowest BCUT2D eigenvalue weighted by molar-refractivity contribution is -0.136. The molecule has 0 radical (unpaired) electrons. The minimum atomic E-state index is -0.641. The number of hydrogen-bond acceptors (Lipinski definition) is 6. The monoisotopic (exact) mass is 527 g/mol. The fourth-order valence-electron chi connectivity index (χ4n) is 5.89. The second-order valence-corrected chi connectivity index (χ2v) is 10.6. The summed E-state index contributed by atoms with van der Waals surface area (Å²) in [5.41, 5.74) is 7.79. The molecule has 2 amide bonds. The molecule has 2 atom stereocenters. The molecular weight excluding hydrogens is 490 g/mol. The molecule has 3 aliphatic heterocycles. The summed E-state index contributed by atoms with van der Waals surface area (Å²) in [6.07, 6.45) is 11.5. The molecule has 2 N–H and O–H groups in total. The summed E-state index contributed by atoms with van der Waals surface area (Å²) >= 11 is 0. The maximum atomic E-state index is 13.3. The van der Waals surface area contributed by atoms with Crippen molar-refractivity contribution < 1.29 is 14.4 Å². The Morgan fingerprint density at radius 3 is 2.72 bits per heavy atom. The molecular formula is C31H37N5O3. The molecule has 0 spiro atoms. The smallest absolute Gasteiger partial charge is 0.251 e. The van der Waals surface area contributed by atoms with Crippen molar-refractivity contribution in [2.75, 3.05) is 33.9 Å². The standard InChI is InChI=1S/C31H37N5O3/c1-21(23-8-5-4-6-9-23)34(3)18-22-14-26-17-33-20-36(26)29(15-22)24-11-12-27-25(16-24)19-35(31(27)39)28(10-7-13-37)30(38)32-2/h4-6,8-9,13-17,21,28,33H,7,10-12,18-20H2,1-3H3,(H,32,38).